The number of rotatable bonds is 8. The summed E-state index contributed by atoms with van der Waals surface area (Å²) in [4.78, 5) is 48.8. The van der Waals surface area contributed by atoms with Crippen LogP contribution in [0.3, 0.4) is 0 Å². The first-order valence-corrected chi connectivity index (χ1v) is 9.98. The van der Waals surface area contributed by atoms with E-state index in [0.717, 1.165) is 0 Å². The minimum absolute atomic E-state index is 0.0581. The summed E-state index contributed by atoms with van der Waals surface area (Å²) in [6.45, 7) is 3.68. The molecule has 1 aliphatic heterocycles. The predicted molar refractivity (Wildman–Crippen MR) is 118 cm³/mol. The second kappa shape index (κ2) is 10.3. The van der Waals surface area contributed by atoms with E-state index in [2.05, 4.69) is 20.6 Å². The molecule has 2 N–H and O–H groups in total. The number of hydrazone groups is 1. The largest absolute Gasteiger partial charge is 0.492 e. The summed E-state index contributed by atoms with van der Waals surface area (Å²) in [6, 6.07) is 11.5. The third-order valence-electron chi connectivity index (χ3n) is 4.52. The molecule has 1 atom stereocenters. The number of carbonyl (C=O) groups excluding carboxylic acids is 3. The molecule has 0 saturated heterocycles. The second-order valence-corrected chi connectivity index (χ2v) is 6.88. The topological polar surface area (TPSA) is 150 Å². The number of carboxylic acids is 1. The number of hydrogen-bond acceptors (Lipinski definition) is 8. The number of imide groups is 1. The molecule has 3 rings (SSSR count). The average Bonchev–Trinajstić information content (AvgIpc) is 3.07. The SMILES string of the molecule is CCOc1ccccc1NC(=O)CC(=O)N1N=C(C)[C@H](N=Nc2ccccc2C(=O)O)C1=O. The fourth-order valence-corrected chi connectivity index (χ4v) is 2.99. The van der Waals surface area contributed by atoms with Crippen LogP contribution < -0.4 is 10.1 Å². The summed E-state index contributed by atoms with van der Waals surface area (Å²) in [5.41, 5.74) is 0.557. The highest BCUT2D eigenvalue weighted by molar-refractivity contribution is 6.18. The van der Waals surface area contributed by atoms with Crippen molar-refractivity contribution in [2.24, 2.45) is 15.3 Å². The van der Waals surface area contributed by atoms with Crippen LogP contribution in [-0.4, -0.2) is 52.2 Å². The number of carboxylic acid groups (broad SMARTS) is 1. The summed E-state index contributed by atoms with van der Waals surface area (Å²) in [5, 5.41) is 24.0. The maximum absolute atomic E-state index is 12.6. The highest BCUT2D eigenvalue weighted by Gasteiger charge is 2.38. The van der Waals surface area contributed by atoms with Crippen molar-refractivity contribution in [3.63, 3.8) is 0 Å². The zero-order valence-electron chi connectivity index (χ0n) is 17.9. The maximum Gasteiger partial charge on any atom is 0.337 e. The van der Waals surface area contributed by atoms with Crippen molar-refractivity contribution >= 4 is 40.8 Å². The number of aromatic carboxylic acids is 1. The van der Waals surface area contributed by atoms with Crippen molar-refractivity contribution in [3.05, 3.63) is 54.1 Å². The lowest BCUT2D eigenvalue weighted by Gasteiger charge is -2.13. The Balaban J connectivity index is 1.67. The summed E-state index contributed by atoms with van der Waals surface area (Å²) >= 11 is 0. The molecule has 0 fully saturated rings. The molecular formula is C22H21N5O6. The number of ether oxygens (including phenoxy) is 1. The monoisotopic (exact) mass is 451 g/mol. The van der Waals surface area contributed by atoms with Gasteiger partial charge in [0, 0.05) is 0 Å². The molecule has 2 aromatic carbocycles. The molecule has 1 heterocycles. The predicted octanol–water partition coefficient (Wildman–Crippen LogP) is 3.01. The van der Waals surface area contributed by atoms with Gasteiger partial charge in [-0.05, 0) is 38.1 Å². The van der Waals surface area contributed by atoms with Crippen molar-refractivity contribution in [1.29, 1.82) is 0 Å². The molecule has 0 aromatic heterocycles. The van der Waals surface area contributed by atoms with Gasteiger partial charge in [-0.3, -0.25) is 14.4 Å². The minimum Gasteiger partial charge on any atom is -0.492 e. The van der Waals surface area contributed by atoms with Crippen molar-refractivity contribution in [3.8, 4) is 5.75 Å². The molecule has 2 aromatic rings. The van der Waals surface area contributed by atoms with Gasteiger partial charge >= 0.3 is 5.97 Å². The maximum atomic E-state index is 12.6. The number of para-hydroxylation sites is 2. The molecule has 0 bridgehead atoms. The Hall–Kier alpha value is -4.41. The third-order valence-corrected chi connectivity index (χ3v) is 4.52. The van der Waals surface area contributed by atoms with Crippen LogP contribution >= 0.6 is 0 Å². The first-order valence-electron chi connectivity index (χ1n) is 9.98. The van der Waals surface area contributed by atoms with Gasteiger partial charge in [-0.2, -0.15) is 20.3 Å². The molecule has 11 nitrogen and oxygen atoms in total. The summed E-state index contributed by atoms with van der Waals surface area (Å²) in [6.07, 6.45) is -0.630. The zero-order chi connectivity index (χ0) is 24.0. The lowest BCUT2D eigenvalue weighted by Crippen LogP contribution is -2.36. The van der Waals surface area contributed by atoms with E-state index in [1.807, 2.05) is 0 Å². The first kappa shape index (κ1) is 23.3. The Kier molecular flexibility index (Phi) is 7.24. The number of anilines is 1. The number of nitrogens with zero attached hydrogens (tertiary/aromatic N) is 4. The first-order chi connectivity index (χ1) is 15.8. The summed E-state index contributed by atoms with van der Waals surface area (Å²) in [7, 11) is 0. The third kappa shape index (κ3) is 5.45. The molecule has 170 valence electrons. The van der Waals surface area contributed by atoms with Gasteiger partial charge in [-0.15, -0.1) is 0 Å². The van der Waals surface area contributed by atoms with Gasteiger partial charge in [0.15, 0.2) is 6.04 Å². The van der Waals surface area contributed by atoms with Crippen LogP contribution in [0.25, 0.3) is 0 Å². The fraction of sp³-hybridized carbons (Fsp3) is 0.227. The molecule has 0 unspecified atom stereocenters. The molecule has 0 radical (unpaired) electrons. The molecule has 1 aliphatic rings. The number of amides is 3. The van der Waals surface area contributed by atoms with Gasteiger partial charge in [-0.25, -0.2) is 4.79 Å². The Labute approximate surface area is 188 Å². The highest BCUT2D eigenvalue weighted by atomic mass is 16.5. The molecule has 0 aliphatic carbocycles. The molecule has 3 amide bonds. The summed E-state index contributed by atoms with van der Waals surface area (Å²) < 4.78 is 5.43. The van der Waals surface area contributed by atoms with Crippen LogP contribution in [0.5, 0.6) is 5.75 Å². The van der Waals surface area contributed by atoms with E-state index in [0.29, 0.717) is 23.1 Å². The van der Waals surface area contributed by atoms with E-state index in [1.54, 1.807) is 37.3 Å². The van der Waals surface area contributed by atoms with Crippen molar-refractivity contribution in [1.82, 2.24) is 5.01 Å². The van der Waals surface area contributed by atoms with Gasteiger partial charge in [0.05, 0.1) is 29.3 Å². The fourth-order valence-electron chi connectivity index (χ4n) is 2.99. The van der Waals surface area contributed by atoms with Gasteiger partial charge in [0.2, 0.25) is 5.91 Å². The lowest BCUT2D eigenvalue weighted by atomic mass is 10.2. The number of carbonyl (C=O) groups is 4. The normalized spacial score (nSPS) is 15.5. The van der Waals surface area contributed by atoms with E-state index >= 15 is 0 Å². The van der Waals surface area contributed by atoms with E-state index in [1.165, 1.54) is 25.1 Å². The van der Waals surface area contributed by atoms with Gasteiger partial charge in [0.25, 0.3) is 11.8 Å². The Morgan fingerprint density at radius 1 is 1.15 bits per heavy atom. The van der Waals surface area contributed by atoms with Gasteiger partial charge in [-0.1, -0.05) is 24.3 Å². The standard InChI is InChI=1S/C22H21N5O6/c1-3-33-17-11-7-6-10-16(17)23-18(28)12-19(29)27-21(30)20(13(2)26-27)25-24-15-9-5-4-8-14(15)22(31)32/h4-11,20H,3,12H2,1-2H3,(H,23,28)(H,31,32)/t20-/m0/s1. The number of benzene rings is 2. The van der Waals surface area contributed by atoms with Crippen molar-refractivity contribution in [2.75, 3.05) is 11.9 Å². The second-order valence-electron chi connectivity index (χ2n) is 6.88. The zero-order valence-corrected chi connectivity index (χ0v) is 17.9. The van der Waals surface area contributed by atoms with Crippen LogP contribution in [-0.2, 0) is 14.4 Å². The molecular weight excluding hydrogens is 430 g/mol. The van der Waals surface area contributed by atoms with Gasteiger partial charge in [0.1, 0.15) is 12.2 Å². The Bertz CT molecular complexity index is 1160. The number of nitrogens with one attached hydrogen (secondary N) is 1. The van der Waals surface area contributed by atoms with Crippen LogP contribution in [0.4, 0.5) is 11.4 Å². The molecule has 0 spiro atoms. The number of azo groups is 1. The Morgan fingerprint density at radius 2 is 1.85 bits per heavy atom. The lowest BCUT2D eigenvalue weighted by molar-refractivity contribution is -0.144. The Morgan fingerprint density at radius 3 is 2.58 bits per heavy atom. The van der Waals surface area contributed by atoms with Crippen molar-refractivity contribution < 1.29 is 29.0 Å². The van der Waals surface area contributed by atoms with Crippen molar-refractivity contribution in [2.45, 2.75) is 26.3 Å². The van der Waals surface area contributed by atoms with E-state index in [9.17, 15) is 24.3 Å². The average molecular weight is 451 g/mol. The van der Waals surface area contributed by atoms with Crippen LogP contribution in [0.2, 0.25) is 0 Å². The van der Waals surface area contributed by atoms with Crippen LogP contribution in [0.15, 0.2) is 63.9 Å². The van der Waals surface area contributed by atoms with E-state index < -0.39 is 36.2 Å². The number of hydrogen-bond donors (Lipinski definition) is 2. The minimum atomic E-state index is -1.20. The molecule has 0 saturated carbocycles. The molecule has 11 heteroatoms. The van der Waals surface area contributed by atoms with Crippen LogP contribution in [0.1, 0.15) is 30.6 Å². The van der Waals surface area contributed by atoms with Gasteiger partial charge < -0.3 is 15.2 Å². The van der Waals surface area contributed by atoms with E-state index in [4.69, 9.17) is 4.74 Å². The van der Waals surface area contributed by atoms with E-state index in [-0.39, 0.29) is 17.0 Å². The highest BCUT2D eigenvalue weighted by Crippen LogP contribution is 2.24. The van der Waals surface area contributed by atoms with Crippen LogP contribution in [0, 0.1) is 0 Å². The quantitative estimate of drug-likeness (QED) is 0.465. The summed E-state index contributed by atoms with van der Waals surface area (Å²) in [5.74, 6) is -3.00. The molecule has 33 heavy (non-hydrogen) atoms. The smallest absolute Gasteiger partial charge is 0.337 e.